The summed E-state index contributed by atoms with van der Waals surface area (Å²) in [5.74, 6) is 0.189. The summed E-state index contributed by atoms with van der Waals surface area (Å²) in [4.78, 5) is 16.1. The van der Waals surface area contributed by atoms with E-state index in [1.54, 1.807) is 11.0 Å². The molecule has 0 radical (unpaired) electrons. The van der Waals surface area contributed by atoms with E-state index < -0.39 is 21.6 Å². The van der Waals surface area contributed by atoms with Crippen molar-refractivity contribution in [1.82, 2.24) is 15.0 Å². The van der Waals surface area contributed by atoms with Crippen molar-refractivity contribution in [3.8, 4) is 0 Å². The Hall–Kier alpha value is -2.47. The van der Waals surface area contributed by atoms with E-state index in [9.17, 15) is 21.6 Å². The minimum Gasteiger partial charge on any atom is -0.355 e. The van der Waals surface area contributed by atoms with E-state index in [2.05, 4.69) is 15.0 Å². The number of anilines is 2. The molecule has 4 atom stereocenters. The molecule has 1 aromatic carbocycles. The fourth-order valence-corrected chi connectivity index (χ4v) is 8.19. The standard InChI is InChI=1S/C22H22F3N5O2S2/c1-12-6-7-30(12)20-26-8-16(22(23,24)25)19(28-20)29-9-13-14(10-29)15(13)11-34(31,32)21-27-17-4-2-3-5-18(17)33-21/h2-5,8,12-15H,6-7,9-11H2,1H3/t12?,13-,14+,15?. The van der Waals surface area contributed by atoms with Crippen molar-refractivity contribution in [3.05, 3.63) is 36.0 Å². The minimum atomic E-state index is -4.56. The number of para-hydroxylation sites is 1. The van der Waals surface area contributed by atoms with Gasteiger partial charge in [-0.3, -0.25) is 0 Å². The first-order chi connectivity index (χ1) is 16.1. The first-order valence-electron chi connectivity index (χ1n) is 11.2. The Kier molecular flexibility index (Phi) is 4.87. The van der Waals surface area contributed by atoms with Crippen molar-refractivity contribution in [1.29, 1.82) is 0 Å². The van der Waals surface area contributed by atoms with Crippen LogP contribution in [0.15, 0.2) is 34.8 Å². The Morgan fingerprint density at radius 2 is 1.88 bits per heavy atom. The molecular formula is C22H22F3N5O2S2. The highest BCUT2D eigenvalue weighted by Crippen LogP contribution is 2.54. The number of fused-ring (bicyclic) bond motifs is 2. The molecule has 0 bridgehead atoms. The highest BCUT2D eigenvalue weighted by Gasteiger charge is 2.58. The number of nitrogens with zero attached hydrogens (tertiary/aromatic N) is 5. The molecule has 6 rings (SSSR count). The molecule has 2 aliphatic heterocycles. The zero-order valence-corrected chi connectivity index (χ0v) is 19.9. The summed E-state index contributed by atoms with van der Waals surface area (Å²) in [5.41, 5.74) is -0.187. The molecule has 4 heterocycles. The molecule has 180 valence electrons. The summed E-state index contributed by atoms with van der Waals surface area (Å²) in [6.07, 6.45) is -2.73. The van der Waals surface area contributed by atoms with Crippen molar-refractivity contribution < 1.29 is 21.6 Å². The number of benzene rings is 1. The van der Waals surface area contributed by atoms with Gasteiger partial charge in [-0.25, -0.2) is 18.4 Å². The van der Waals surface area contributed by atoms with Gasteiger partial charge in [-0.2, -0.15) is 18.2 Å². The van der Waals surface area contributed by atoms with Gasteiger partial charge in [-0.05, 0) is 43.2 Å². The Bertz CT molecular complexity index is 1330. The minimum absolute atomic E-state index is 0.0254. The summed E-state index contributed by atoms with van der Waals surface area (Å²) in [6, 6.07) is 7.48. The van der Waals surface area contributed by atoms with Crippen LogP contribution in [0.3, 0.4) is 0 Å². The van der Waals surface area contributed by atoms with Crippen molar-refractivity contribution in [2.24, 2.45) is 17.8 Å². The van der Waals surface area contributed by atoms with Crippen molar-refractivity contribution >= 4 is 43.2 Å². The van der Waals surface area contributed by atoms with Crippen LogP contribution in [-0.4, -0.2) is 54.8 Å². The SMILES string of the molecule is CC1CCN1c1ncc(C(F)(F)F)c(N2C[C@@H]3C(CS(=O)(=O)c4nc5ccccc5s4)[C@@H]3C2)n1. The van der Waals surface area contributed by atoms with Gasteiger partial charge in [0.15, 0.2) is 0 Å². The number of thiazole rings is 1. The Morgan fingerprint density at radius 1 is 1.15 bits per heavy atom. The third kappa shape index (κ3) is 3.62. The Labute approximate surface area is 198 Å². The lowest BCUT2D eigenvalue weighted by Gasteiger charge is -2.39. The summed E-state index contributed by atoms with van der Waals surface area (Å²) in [7, 11) is -3.56. The lowest BCUT2D eigenvalue weighted by atomic mass is 10.1. The molecule has 1 saturated carbocycles. The van der Waals surface area contributed by atoms with E-state index in [0.29, 0.717) is 24.6 Å². The maximum atomic E-state index is 13.7. The topological polar surface area (TPSA) is 79.3 Å². The van der Waals surface area contributed by atoms with Crippen LogP contribution in [0, 0.1) is 17.8 Å². The largest absolute Gasteiger partial charge is 0.421 e. The monoisotopic (exact) mass is 509 g/mol. The lowest BCUT2D eigenvalue weighted by molar-refractivity contribution is -0.137. The average Bonchev–Trinajstić information content (AvgIpc) is 3.15. The van der Waals surface area contributed by atoms with Gasteiger partial charge >= 0.3 is 6.18 Å². The number of piperidine rings is 1. The number of rotatable bonds is 5. The van der Waals surface area contributed by atoms with Crippen LogP contribution in [-0.2, 0) is 16.0 Å². The normalized spacial score (nSPS) is 26.6. The van der Waals surface area contributed by atoms with E-state index >= 15 is 0 Å². The second kappa shape index (κ2) is 7.51. The number of hydrogen-bond donors (Lipinski definition) is 0. The van der Waals surface area contributed by atoms with Crippen molar-refractivity contribution in [2.75, 3.05) is 35.2 Å². The maximum absolute atomic E-state index is 13.7. The lowest BCUT2D eigenvalue weighted by Crippen LogP contribution is -2.47. The van der Waals surface area contributed by atoms with E-state index in [4.69, 9.17) is 0 Å². The van der Waals surface area contributed by atoms with Crippen molar-refractivity contribution in [3.63, 3.8) is 0 Å². The molecule has 0 N–H and O–H groups in total. The van der Waals surface area contributed by atoms with Gasteiger partial charge in [-0.1, -0.05) is 12.1 Å². The Balaban J connectivity index is 1.19. The molecule has 3 aliphatic rings. The molecule has 3 fully saturated rings. The predicted molar refractivity (Wildman–Crippen MR) is 123 cm³/mol. The van der Waals surface area contributed by atoms with Crippen LogP contribution in [0.5, 0.6) is 0 Å². The second-order valence-electron chi connectivity index (χ2n) is 9.36. The summed E-state index contributed by atoms with van der Waals surface area (Å²) >= 11 is 1.16. The summed E-state index contributed by atoms with van der Waals surface area (Å²) < 4.78 is 67.9. The molecule has 2 unspecified atom stereocenters. The van der Waals surface area contributed by atoms with Crippen LogP contribution in [0.25, 0.3) is 10.2 Å². The van der Waals surface area contributed by atoms with E-state index in [1.165, 1.54) is 0 Å². The van der Waals surface area contributed by atoms with E-state index in [1.807, 2.05) is 30.0 Å². The molecule has 0 spiro atoms. The molecule has 0 amide bonds. The van der Waals surface area contributed by atoms with Gasteiger partial charge in [0.1, 0.15) is 11.4 Å². The Morgan fingerprint density at radius 3 is 2.50 bits per heavy atom. The van der Waals surface area contributed by atoms with E-state index in [-0.39, 0.29) is 39.7 Å². The molecule has 2 aromatic heterocycles. The molecule has 12 heteroatoms. The van der Waals surface area contributed by atoms with Crippen LogP contribution in [0.1, 0.15) is 18.9 Å². The fraction of sp³-hybridized carbons (Fsp3) is 0.500. The predicted octanol–water partition coefficient (Wildman–Crippen LogP) is 3.86. The van der Waals surface area contributed by atoms with Gasteiger partial charge in [0.2, 0.25) is 20.1 Å². The average molecular weight is 510 g/mol. The maximum Gasteiger partial charge on any atom is 0.421 e. The molecule has 3 aromatic rings. The number of sulfone groups is 1. The zero-order valence-electron chi connectivity index (χ0n) is 18.2. The molecular weight excluding hydrogens is 487 g/mol. The highest BCUT2D eigenvalue weighted by atomic mass is 32.2. The van der Waals surface area contributed by atoms with Gasteiger partial charge in [0.25, 0.3) is 0 Å². The molecule has 1 aliphatic carbocycles. The van der Waals surface area contributed by atoms with Crippen LogP contribution in [0.2, 0.25) is 0 Å². The molecule has 2 saturated heterocycles. The quantitative estimate of drug-likeness (QED) is 0.517. The first kappa shape index (κ1) is 22.0. The van der Waals surface area contributed by atoms with Crippen molar-refractivity contribution in [2.45, 2.75) is 29.9 Å². The molecule has 7 nitrogen and oxygen atoms in total. The number of halogens is 3. The molecule has 34 heavy (non-hydrogen) atoms. The summed E-state index contributed by atoms with van der Waals surface area (Å²) in [5, 5.41) is 0. The van der Waals surface area contributed by atoms with Gasteiger partial charge in [0, 0.05) is 31.9 Å². The third-order valence-electron chi connectivity index (χ3n) is 7.26. The van der Waals surface area contributed by atoms with E-state index in [0.717, 1.165) is 35.2 Å². The fourth-order valence-electron chi connectivity index (χ4n) is 5.14. The van der Waals surface area contributed by atoms with Gasteiger partial charge < -0.3 is 9.80 Å². The first-order valence-corrected chi connectivity index (χ1v) is 13.6. The van der Waals surface area contributed by atoms with Gasteiger partial charge in [-0.15, -0.1) is 11.3 Å². The number of aromatic nitrogens is 3. The number of alkyl halides is 3. The number of hydrogen-bond acceptors (Lipinski definition) is 8. The summed E-state index contributed by atoms with van der Waals surface area (Å²) in [6.45, 7) is 3.44. The second-order valence-corrected chi connectivity index (χ2v) is 12.6. The third-order valence-corrected chi connectivity index (χ3v) is 10.6. The highest BCUT2D eigenvalue weighted by molar-refractivity contribution is 7.93. The smallest absolute Gasteiger partial charge is 0.355 e. The van der Waals surface area contributed by atoms with Crippen LogP contribution in [0.4, 0.5) is 24.9 Å². The van der Waals surface area contributed by atoms with Gasteiger partial charge in [0.05, 0.1) is 16.0 Å². The van der Waals surface area contributed by atoms with Crippen LogP contribution < -0.4 is 9.80 Å². The zero-order chi connectivity index (χ0) is 23.8. The van der Waals surface area contributed by atoms with Crippen LogP contribution >= 0.6 is 11.3 Å².